The van der Waals surface area contributed by atoms with Crippen LogP contribution in [0.3, 0.4) is 0 Å². The lowest BCUT2D eigenvalue weighted by atomic mass is 9.91. The molecule has 5 rings (SSSR count). The van der Waals surface area contributed by atoms with Crippen molar-refractivity contribution in [1.29, 1.82) is 0 Å². The van der Waals surface area contributed by atoms with Gasteiger partial charge in [0.25, 0.3) is 5.91 Å². The van der Waals surface area contributed by atoms with Crippen molar-refractivity contribution in [2.24, 2.45) is 11.8 Å². The van der Waals surface area contributed by atoms with Gasteiger partial charge in [-0.1, -0.05) is 18.2 Å². The average Bonchev–Trinajstić information content (AvgIpc) is 3.74. The molecule has 1 saturated heterocycles. The zero-order valence-corrected chi connectivity index (χ0v) is 21.9. The number of nitrogens with one attached hydrogen (secondary N) is 2. The maximum absolute atomic E-state index is 12.8. The van der Waals surface area contributed by atoms with Gasteiger partial charge in [-0.15, -0.1) is 0 Å². The third kappa shape index (κ3) is 6.23. The average molecular weight is 517 g/mol. The number of likely N-dealkylation sites (tertiary alicyclic amines) is 1. The number of amides is 4. The van der Waals surface area contributed by atoms with Crippen LogP contribution in [0.2, 0.25) is 0 Å². The summed E-state index contributed by atoms with van der Waals surface area (Å²) in [4.78, 5) is 54.3. The van der Waals surface area contributed by atoms with E-state index in [9.17, 15) is 19.2 Å². The van der Waals surface area contributed by atoms with E-state index in [-0.39, 0.29) is 41.9 Å². The van der Waals surface area contributed by atoms with Gasteiger partial charge in [-0.3, -0.25) is 19.2 Å². The van der Waals surface area contributed by atoms with Crippen molar-refractivity contribution in [3.05, 3.63) is 59.7 Å². The molecule has 3 aliphatic rings. The second-order valence-corrected chi connectivity index (χ2v) is 10.9. The van der Waals surface area contributed by atoms with Gasteiger partial charge in [0.2, 0.25) is 17.7 Å². The van der Waals surface area contributed by atoms with Crippen molar-refractivity contribution >= 4 is 35.0 Å². The van der Waals surface area contributed by atoms with Crippen molar-refractivity contribution in [2.45, 2.75) is 57.4 Å². The summed E-state index contributed by atoms with van der Waals surface area (Å²) in [7, 11) is 1.84. The molecule has 2 saturated carbocycles. The summed E-state index contributed by atoms with van der Waals surface area (Å²) < 4.78 is 0. The molecule has 38 heavy (non-hydrogen) atoms. The number of hydrogen-bond acceptors (Lipinski definition) is 4. The van der Waals surface area contributed by atoms with Crippen molar-refractivity contribution in [3.63, 3.8) is 0 Å². The predicted octanol–water partition coefficient (Wildman–Crippen LogP) is 4.08. The molecule has 8 nitrogen and oxygen atoms in total. The Morgan fingerprint density at radius 2 is 1.63 bits per heavy atom. The first-order valence-electron chi connectivity index (χ1n) is 13.7. The lowest BCUT2D eigenvalue weighted by molar-refractivity contribution is -0.135. The van der Waals surface area contributed by atoms with Crippen LogP contribution in [-0.2, 0) is 20.8 Å². The molecule has 3 fully saturated rings. The minimum Gasteiger partial charge on any atom is -0.342 e. The highest BCUT2D eigenvalue weighted by Gasteiger charge is 2.36. The van der Waals surface area contributed by atoms with Crippen LogP contribution in [0.4, 0.5) is 11.4 Å². The summed E-state index contributed by atoms with van der Waals surface area (Å²) in [6.45, 7) is 1.23. The normalized spacial score (nSPS) is 19.3. The van der Waals surface area contributed by atoms with Crippen molar-refractivity contribution in [1.82, 2.24) is 9.80 Å². The SMILES string of the molecule is CN(C(=O)c1cccc(NC(=O)Cc2ccc(NC(=O)C3CCCN(C(=O)C4CC4)C3)cc2)c1)C1CCC1. The quantitative estimate of drug-likeness (QED) is 0.552. The van der Waals surface area contributed by atoms with Crippen LogP contribution in [0.1, 0.15) is 60.9 Å². The van der Waals surface area contributed by atoms with E-state index in [4.69, 9.17) is 0 Å². The Balaban J connectivity index is 1.11. The van der Waals surface area contributed by atoms with Gasteiger partial charge in [0.05, 0.1) is 12.3 Å². The zero-order chi connectivity index (χ0) is 26.6. The second kappa shape index (κ2) is 11.4. The molecule has 1 unspecified atom stereocenters. The number of carbonyl (C=O) groups is 4. The van der Waals surface area contributed by atoms with E-state index in [1.807, 2.05) is 24.1 Å². The molecule has 1 atom stereocenters. The summed E-state index contributed by atoms with van der Waals surface area (Å²) in [6, 6.07) is 14.6. The van der Waals surface area contributed by atoms with Gasteiger partial charge in [-0.2, -0.15) is 0 Å². The first-order chi connectivity index (χ1) is 18.4. The van der Waals surface area contributed by atoms with Crippen LogP contribution in [-0.4, -0.2) is 59.6 Å². The van der Waals surface area contributed by atoms with Gasteiger partial charge in [-0.05, 0) is 80.8 Å². The predicted molar refractivity (Wildman–Crippen MR) is 146 cm³/mol. The number of anilines is 2. The second-order valence-electron chi connectivity index (χ2n) is 10.9. The molecule has 0 bridgehead atoms. The lowest BCUT2D eigenvalue weighted by Gasteiger charge is -2.34. The highest BCUT2D eigenvalue weighted by Crippen LogP contribution is 2.32. The Kier molecular flexibility index (Phi) is 7.77. The van der Waals surface area contributed by atoms with Gasteiger partial charge in [-0.25, -0.2) is 0 Å². The summed E-state index contributed by atoms with van der Waals surface area (Å²) in [5, 5.41) is 5.85. The Morgan fingerprint density at radius 1 is 0.868 bits per heavy atom. The zero-order valence-electron chi connectivity index (χ0n) is 21.9. The van der Waals surface area contributed by atoms with Crippen molar-refractivity contribution in [3.8, 4) is 0 Å². The molecule has 2 aromatic rings. The maximum Gasteiger partial charge on any atom is 0.253 e. The first-order valence-corrected chi connectivity index (χ1v) is 13.7. The fourth-order valence-corrected chi connectivity index (χ4v) is 5.19. The molecule has 8 heteroatoms. The number of rotatable bonds is 8. The molecule has 2 aromatic carbocycles. The lowest BCUT2D eigenvalue weighted by Crippen LogP contribution is -2.44. The largest absolute Gasteiger partial charge is 0.342 e. The van der Waals surface area contributed by atoms with Crippen LogP contribution >= 0.6 is 0 Å². The molecule has 2 N–H and O–H groups in total. The minimum atomic E-state index is -0.201. The van der Waals surface area contributed by atoms with Crippen LogP contribution in [0.25, 0.3) is 0 Å². The maximum atomic E-state index is 12.8. The summed E-state index contributed by atoms with van der Waals surface area (Å²) in [5.74, 6) is -0.106. The number of hydrogen-bond donors (Lipinski definition) is 2. The monoisotopic (exact) mass is 516 g/mol. The van der Waals surface area contributed by atoms with E-state index >= 15 is 0 Å². The van der Waals surface area contributed by atoms with Crippen LogP contribution in [0.5, 0.6) is 0 Å². The van der Waals surface area contributed by atoms with Crippen LogP contribution in [0.15, 0.2) is 48.5 Å². The minimum absolute atomic E-state index is 0.0288. The fraction of sp³-hybridized carbons (Fsp3) is 0.467. The standard InChI is InChI=1S/C30H36N4O4/c1-33(26-8-3-9-26)29(37)22-5-2-7-25(18-22)31-27(35)17-20-10-14-24(15-11-20)32-28(36)23-6-4-16-34(19-23)30(38)21-12-13-21/h2,5,7,10-11,14-15,18,21,23,26H,3-4,6,8-9,12-13,16-17,19H2,1H3,(H,31,35)(H,32,36). The Morgan fingerprint density at radius 3 is 2.32 bits per heavy atom. The molecule has 0 spiro atoms. The van der Waals surface area contributed by atoms with Crippen molar-refractivity contribution < 1.29 is 19.2 Å². The van der Waals surface area contributed by atoms with E-state index in [2.05, 4.69) is 10.6 Å². The molecular weight excluding hydrogens is 480 g/mol. The van der Waals surface area contributed by atoms with Gasteiger partial charge >= 0.3 is 0 Å². The van der Waals surface area contributed by atoms with E-state index in [1.54, 1.807) is 41.3 Å². The number of carbonyl (C=O) groups excluding carboxylic acids is 4. The third-order valence-corrected chi connectivity index (χ3v) is 7.95. The number of benzene rings is 2. The van der Waals surface area contributed by atoms with Gasteiger partial charge in [0.1, 0.15) is 0 Å². The fourth-order valence-electron chi connectivity index (χ4n) is 5.19. The Bertz CT molecular complexity index is 1200. The summed E-state index contributed by atoms with van der Waals surface area (Å²) >= 11 is 0. The Hall–Kier alpha value is -3.68. The van der Waals surface area contributed by atoms with E-state index in [1.165, 1.54) is 0 Å². The van der Waals surface area contributed by atoms with E-state index < -0.39 is 0 Å². The number of nitrogens with zero attached hydrogens (tertiary/aromatic N) is 2. The van der Waals surface area contributed by atoms with Gasteiger partial charge in [0.15, 0.2) is 0 Å². The van der Waals surface area contributed by atoms with Gasteiger partial charge in [0, 0.05) is 49.0 Å². The van der Waals surface area contributed by atoms with Crippen LogP contribution < -0.4 is 10.6 Å². The topological polar surface area (TPSA) is 98.8 Å². The smallest absolute Gasteiger partial charge is 0.253 e. The Labute approximate surface area is 223 Å². The van der Waals surface area contributed by atoms with Crippen LogP contribution in [0, 0.1) is 11.8 Å². The summed E-state index contributed by atoms with van der Waals surface area (Å²) in [5.41, 5.74) is 2.65. The molecule has 4 amide bonds. The molecule has 1 aliphatic heterocycles. The highest BCUT2D eigenvalue weighted by atomic mass is 16.2. The first kappa shape index (κ1) is 25.9. The molecule has 1 heterocycles. The van der Waals surface area contributed by atoms with Gasteiger partial charge < -0.3 is 20.4 Å². The highest BCUT2D eigenvalue weighted by molar-refractivity contribution is 5.98. The van der Waals surface area contributed by atoms with E-state index in [0.717, 1.165) is 57.1 Å². The third-order valence-electron chi connectivity index (χ3n) is 7.95. The molecule has 200 valence electrons. The van der Waals surface area contributed by atoms with Crippen molar-refractivity contribution in [2.75, 3.05) is 30.8 Å². The number of piperidine rings is 1. The summed E-state index contributed by atoms with van der Waals surface area (Å²) in [6.07, 6.45) is 6.99. The molecule has 0 radical (unpaired) electrons. The molecule has 0 aromatic heterocycles. The molecular formula is C30H36N4O4. The molecule has 2 aliphatic carbocycles. The van der Waals surface area contributed by atoms with E-state index in [0.29, 0.717) is 29.5 Å².